The SMILES string of the molecule is COCCN(CC(=O)N(CC(=O)N(CCOC)CC(=O)N(CCCCN)CC(=O)N(CC(=O)N(CCO)CC(=O)N(CCCCN)CC(=O)N(CC(=O)N(CCCCN)CC(C)=O)[C@@H](C)c1ccccc1)[C@@H](C)c1ccccc1)Cc1c[nH]c2ccccc12)C(C)=O.COCCN(CC(=O)N[C@@H](CCCCNC(=O)CCCCC1SC[C@@H]2CC(=O)N[C@H]12)C(N)=O)C(=O)CN(C)CCO. The van der Waals surface area contributed by atoms with E-state index in [2.05, 4.69) is 20.9 Å². The first kappa shape index (κ1) is 113. The summed E-state index contributed by atoms with van der Waals surface area (Å²) >= 11 is 1.93. The number of rotatable bonds is 65. The fraction of sp³-hybridized carbons (Fsp3) is 0.624. The molecule has 14 amide bonds. The van der Waals surface area contributed by atoms with Crippen molar-refractivity contribution in [2.45, 2.75) is 154 Å². The number of hydrogen-bond donors (Lipinski definition) is 10. The molecule has 0 radical (unpaired) electrons. The molecular formula is C93H147N19O20S. The molecule has 1 unspecified atom stereocenters. The third-order valence-electron chi connectivity index (χ3n) is 23.3. The third-order valence-corrected chi connectivity index (χ3v) is 24.9. The van der Waals surface area contributed by atoms with Crippen molar-refractivity contribution in [3.8, 4) is 0 Å². The van der Waals surface area contributed by atoms with Gasteiger partial charge in [0.25, 0.3) is 0 Å². The molecule has 740 valence electrons. The summed E-state index contributed by atoms with van der Waals surface area (Å²) in [6.45, 7) is 3.29. The molecule has 39 nitrogen and oxygen atoms in total. The van der Waals surface area contributed by atoms with Gasteiger partial charge in [-0.2, -0.15) is 11.8 Å². The van der Waals surface area contributed by atoms with E-state index in [1.807, 2.05) is 54.2 Å². The third kappa shape index (κ3) is 40.7. The van der Waals surface area contributed by atoms with Crippen LogP contribution >= 0.6 is 11.8 Å². The van der Waals surface area contributed by atoms with Crippen LogP contribution in [-0.2, 0) is 92.7 Å². The normalized spacial score (nSPS) is 14.4. The Morgan fingerprint density at radius 2 is 0.932 bits per heavy atom. The van der Waals surface area contributed by atoms with Crippen LogP contribution in [0.1, 0.15) is 146 Å². The first-order valence-corrected chi connectivity index (χ1v) is 47.1. The molecule has 3 aromatic carbocycles. The molecular weight excluding hydrogens is 1740 g/mol. The monoisotopic (exact) mass is 1880 g/mol. The number of aromatic nitrogens is 1. The van der Waals surface area contributed by atoms with Crippen molar-refractivity contribution < 1.29 is 96.3 Å². The molecule has 0 bridgehead atoms. The number of nitrogens with zero attached hydrogens (tertiary/aromatic N) is 11. The molecule has 2 fully saturated rings. The number of fused-ring (bicyclic) bond motifs is 2. The van der Waals surface area contributed by atoms with Gasteiger partial charge in [-0.3, -0.25) is 76.8 Å². The highest BCUT2D eigenvalue weighted by atomic mass is 32.2. The van der Waals surface area contributed by atoms with Crippen LogP contribution in [0, 0.1) is 5.92 Å². The number of hydrogen-bond acceptors (Lipinski definition) is 25. The number of aromatic amines is 1. The number of carbonyl (C=O) groups is 15. The Balaban J connectivity index is 0.000000633. The quantitative estimate of drug-likeness (QED) is 0.0270. The van der Waals surface area contributed by atoms with Gasteiger partial charge < -0.3 is 117 Å². The molecule has 6 atom stereocenters. The fourth-order valence-electron chi connectivity index (χ4n) is 15.5. The minimum absolute atomic E-state index is 0.000962. The number of aliphatic hydroxyl groups is 2. The van der Waals surface area contributed by atoms with Gasteiger partial charge in [-0.25, -0.2) is 0 Å². The molecule has 0 aliphatic carbocycles. The average Bonchev–Trinajstić information content (AvgIpc) is 1.79. The molecule has 2 saturated heterocycles. The van der Waals surface area contributed by atoms with Crippen LogP contribution < -0.4 is 38.9 Å². The van der Waals surface area contributed by atoms with E-state index in [0.717, 1.165) is 40.8 Å². The smallest absolute Gasteiger partial charge is 0.243 e. The van der Waals surface area contributed by atoms with E-state index in [9.17, 15) is 72.2 Å². The second kappa shape index (κ2) is 62.8. The summed E-state index contributed by atoms with van der Waals surface area (Å²) in [5.74, 6) is -5.37. The van der Waals surface area contributed by atoms with Crippen molar-refractivity contribution in [3.05, 3.63) is 108 Å². The number of H-pyrrole nitrogens is 1. The second-order valence-corrected chi connectivity index (χ2v) is 34.8. The van der Waals surface area contributed by atoms with E-state index in [4.69, 9.17) is 42.3 Å². The van der Waals surface area contributed by atoms with E-state index in [1.54, 1.807) is 74.5 Å². The van der Waals surface area contributed by atoms with Gasteiger partial charge in [0.15, 0.2) is 0 Å². The van der Waals surface area contributed by atoms with E-state index < -0.39 is 130 Å². The van der Waals surface area contributed by atoms with Crippen LogP contribution in [0.4, 0.5) is 0 Å². The van der Waals surface area contributed by atoms with Crippen molar-refractivity contribution in [1.82, 2.24) is 74.8 Å². The van der Waals surface area contributed by atoms with Gasteiger partial charge in [0.05, 0.1) is 97.5 Å². The number of nitrogens with two attached hydrogens (primary N) is 4. The number of unbranched alkanes of at least 4 members (excludes halogenated alkanes) is 5. The predicted molar refractivity (Wildman–Crippen MR) is 504 cm³/mol. The number of carbonyl (C=O) groups excluding carboxylic acids is 15. The van der Waals surface area contributed by atoms with E-state index in [1.165, 1.54) is 79.3 Å². The summed E-state index contributed by atoms with van der Waals surface area (Å²) in [5.41, 5.74) is 25.9. The van der Waals surface area contributed by atoms with Gasteiger partial charge in [0.1, 0.15) is 31.5 Å². The molecule has 0 saturated carbocycles. The average molecular weight is 1880 g/mol. The second-order valence-electron chi connectivity index (χ2n) is 33.6. The number of ether oxygens (including phenoxy) is 3. The van der Waals surface area contributed by atoms with Crippen molar-refractivity contribution in [2.24, 2.45) is 28.9 Å². The van der Waals surface area contributed by atoms with Crippen LogP contribution in [0.15, 0.2) is 91.1 Å². The zero-order valence-corrected chi connectivity index (χ0v) is 79.9. The lowest BCUT2D eigenvalue weighted by Crippen LogP contribution is -2.53. The van der Waals surface area contributed by atoms with Crippen molar-refractivity contribution in [3.63, 3.8) is 0 Å². The number of para-hydroxylation sites is 1. The van der Waals surface area contributed by atoms with Gasteiger partial charge >= 0.3 is 0 Å². The minimum atomic E-state index is -0.882. The molecule has 40 heteroatoms. The number of nitrogens with one attached hydrogen (secondary N) is 4. The number of methoxy groups -OCH3 is 3. The lowest BCUT2D eigenvalue weighted by molar-refractivity contribution is -0.150. The van der Waals surface area contributed by atoms with E-state index in [0.29, 0.717) is 118 Å². The molecule has 0 spiro atoms. The maximum atomic E-state index is 15.1. The highest BCUT2D eigenvalue weighted by molar-refractivity contribution is 8.00. The largest absolute Gasteiger partial charge is 0.395 e. The molecule has 4 aromatic rings. The maximum Gasteiger partial charge on any atom is 0.243 e. The Morgan fingerprint density at radius 3 is 1.43 bits per heavy atom. The number of benzene rings is 3. The number of aliphatic hydroxyl groups excluding tert-OH is 2. The zero-order valence-electron chi connectivity index (χ0n) is 79.1. The maximum absolute atomic E-state index is 15.1. The van der Waals surface area contributed by atoms with E-state index in [-0.39, 0.29) is 154 Å². The fourth-order valence-corrected chi connectivity index (χ4v) is 17.1. The number of likely N-dealkylation sites (N-methyl/N-ethyl adjacent to an activating group) is 1. The van der Waals surface area contributed by atoms with Gasteiger partial charge in [-0.15, -0.1) is 0 Å². The number of ketones is 1. The highest BCUT2D eigenvalue weighted by Gasteiger charge is 2.43. The standard InChI is InChI=1S/C66H99N13O13.C27H48N6O7S/c1-50(81)40-72(30-18-15-27-67)63(87)48-78(51(2)54-21-9-7-10-22-54)65(89)46-73(31-19-16-28-68)59(83)43-75(33-36-80)64(88)49-79(52(3)55-23-11-8-12-24-55)66(90)47-74(32-20-17-29-69)60(84)44-76(35-38-92-6)61(85)45-77(62(86)42-71(53(4)82)34-37-91-5)41-56-39-70-58-26-14-13-25-57(56)58;1-32(11-13-34)17-25(38)33(12-14-40-2)16-24(37)30-20(27(28)39)7-5-6-10-29-22(35)9-4-3-8-21-26-19(18-41-21)15-23(36)31-26/h7-14,21-26,39,51-52,70,80H,15-20,27-38,40-49,67-69H2,1-6H3;19-21,26,34H,3-18H2,1-2H3,(H2,28,39)(H,29,35)(H,30,37)(H,31,36)/t51-,52-;19-,20-,21?,26-/m00/s1. The lowest BCUT2D eigenvalue weighted by atomic mass is 9.97. The molecule has 2 aliphatic heterocycles. The molecule has 2 aliphatic rings. The van der Waals surface area contributed by atoms with Crippen LogP contribution in [0.2, 0.25) is 0 Å². The summed E-state index contributed by atoms with van der Waals surface area (Å²) in [7, 11) is 6.09. The summed E-state index contributed by atoms with van der Waals surface area (Å²) < 4.78 is 15.6. The molecule has 133 heavy (non-hydrogen) atoms. The Bertz CT molecular complexity index is 4290. The van der Waals surface area contributed by atoms with Gasteiger partial charge in [0.2, 0.25) is 82.7 Å². The molecule has 6 rings (SSSR count). The van der Waals surface area contributed by atoms with E-state index >= 15 is 4.79 Å². The van der Waals surface area contributed by atoms with Crippen molar-refractivity contribution >= 4 is 111 Å². The van der Waals surface area contributed by atoms with Crippen LogP contribution in [0.25, 0.3) is 10.9 Å². The first-order valence-electron chi connectivity index (χ1n) is 46.0. The predicted octanol–water partition coefficient (Wildman–Crippen LogP) is 0.581. The minimum Gasteiger partial charge on any atom is -0.395 e. The van der Waals surface area contributed by atoms with Crippen molar-refractivity contribution in [2.75, 3.05) is 218 Å². The Kier molecular flexibility index (Phi) is 53.4. The van der Waals surface area contributed by atoms with Crippen LogP contribution in [0.3, 0.4) is 0 Å². The Morgan fingerprint density at radius 1 is 0.489 bits per heavy atom. The summed E-state index contributed by atoms with van der Waals surface area (Å²) in [6, 6.07) is 23.3. The van der Waals surface area contributed by atoms with Gasteiger partial charge in [0, 0.05) is 135 Å². The number of thioether (sulfide) groups is 1. The number of primary amides is 1. The number of Topliss-reactive ketones (excluding diaryl/α,β-unsaturated/α-hetero) is 1. The highest BCUT2D eigenvalue weighted by Crippen LogP contribution is 2.39. The van der Waals surface area contributed by atoms with Crippen molar-refractivity contribution in [1.29, 1.82) is 0 Å². The molecule has 3 heterocycles. The van der Waals surface area contributed by atoms with Crippen LogP contribution in [-0.4, -0.2) is 393 Å². The summed E-state index contributed by atoms with van der Waals surface area (Å²) in [5, 5.41) is 29.3. The number of amides is 14. The van der Waals surface area contributed by atoms with Crippen LogP contribution in [0.5, 0.6) is 0 Å². The Labute approximate surface area is 786 Å². The summed E-state index contributed by atoms with van der Waals surface area (Å²) in [4.78, 5) is 221. The topological polar surface area (TPSA) is 516 Å². The molecule has 14 N–H and O–H groups in total. The lowest BCUT2D eigenvalue weighted by Gasteiger charge is -2.35. The Hall–Kier alpha value is -10.6. The van der Waals surface area contributed by atoms with Gasteiger partial charge in [-0.05, 0) is 153 Å². The summed E-state index contributed by atoms with van der Waals surface area (Å²) in [6.07, 6.45) is 9.92. The van der Waals surface area contributed by atoms with Gasteiger partial charge in [-0.1, -0.05) is 85.3 Å². The molecule has 1 aromatic heterocycles. The zero-order chi connectivity index (χ0) is 97.7. The first-order chi connectivity index (χ1) is 63.8.